The summed E-state index contributed by atoms with van der Waals surface area (Å²) >= 11 is 0. The fraction of sp³-hybridized carbons (Fsp3) is 0.579. The van der Waals surface area contributed by atoms with Gasteiger partial charge in [-0.1, -0.05) is 30.3 Å². The molecule has 2 fully saturated rings. The normalized spacial score (nSPS) is 23.4. The quantitative estimate of drug-likeness (QED) is 0.876. The summed E-state index contributed by atoms with van der Waals surface area (Å²) in [4.78, 5) is 31.5. The highest BCUT2D eigenvalue weighted by Gasteiger charge is 2.33. The highest BCUT2D eigenvalue weighted by atomic mass is 16.2. The van der Waals surface area contributed by atoms with Crippen LogP contribution >= 0.6 is 0 Å². The van der Waals surface area contributed by atoms with Crippen LogP contribution in [-0.4, -0.2) is 72.8 Å². The number of carbonyl (C=O) groups excluding carboxylic acids is 2. The first kappa shape index (κ1) is 17.9. The lowest BCUT2D eigenvalue weighted by Crippen LogP contribution is -2.53. The smallest absolute Gasteiger partial charge is 0.244 e. The number of nitrogens with two attached hydrogens (primary N) is 1. The minimum absolute atomic E-state index is 0.0814. The number of nitrogens with zero attached hydrogens (tertiary/aromatic N) is 3. The molecule has 2 saturated heterocycles. The summed E-state index contributed by atoms with van der Waals surface area (Å²) in [6, 6.07) is 8.78. The van der Waals surface area contributed by atoms with Crippen molar-refractivity contribution in [1.82, 2.24) is 14.7 Å². The van der Waals surface area contributed by atoms with Crippen molar-refractivity contribution in [2.24, 2.45) is 11.7 Å². The molecule has 0 aliphatic carbocycles. The summed E-state index contributed by atoms with van der Waals surface area (Å²) in [5, 5.41) is 0. The Morgan fingerprint density at radius 1 is 1.04 bits per heavy atom. The fourth-order valence-corrected chi connectivity index (χ4v) is 3.66. The lowest BCUT2D eigenvalue weighted by molar-refractivity contribution is -0.142. The van der Waals surface area contributed by atoms with Crippen molar-refractivity contribution in [3.8, 4) is 0 Å². The van der Waals surface area contributed by atoms with E-state index in [9.17, 15) is 9.59 Å². The Morgan fingerprint density at radius 2 is 1.72 bits per heavy atom. The van der Waals surface area contributed by atoms with Crippen LogP contribution in [-0.2, 0) is 9.59 Å². The van der Waals surface area contributed by atoms with Crippen LogP contribution in [0.4, 0.5) is 0 Å². The summed E-state index contributed by atoms with van der Waals surface area (Å²) in [6.07, 6.45) is 1.72. The third-order valence-corrected chi connectivity index (χ3v) is 5.32. The molecule has 0 spiro atoms. The van der Waals surface area contributed by atoms with E-state index in [0.717, 1.165) is 44.6 Å². The SMILES string of the molecule is CN1CCN(C(=O)[C@@H]2CCCN(C(=O)[C@H](N)c3ccccc3)C2)CC1. The van der Waals surface area contributed by atoms with Gasteiger partial charge in [0.2, 0.25) is 11.8 Å². The van der Waals surface area contributed by atoms with Gasteiger partial charge in [0, 0.05) is 39.3 Å². The van der Waals surface area contributed by atoms with Gasteiger partial charge in [0.15, 0.2) is 0 Å². The number of likely N-dealkylation sites (tertiary alicyclic amines) is 1. The highest BCUT2D eigenvalue weighted by Crippen LogP contribution is 2.22. The number of piperidine rings is 1. The third kappa shape index (κ3) is 4.19. The van der Waals surface area contributed by atoms with E-state index in [-0.39, 0.29) is 17.7 Å². The Balaban J connectivity index is 1.60. The molecule has 1 aromatic carbocycles. The van der Waals surface area contributed by atoms with Gasteiger partial charge in [0.25, 0.3) is 0 Å². The van der Waals surface area contributed by atoms with Crippen molar-refractivity contribution >= 4 is 11.8 Å². The molecule has 6 nitrogen and oxygen atoms in total. The first-order valence-electron chi connectivity index (χ1n) is 9.13. The fourth-order valence-electron chi connectivity index (χ4n) is 3.66. The maximum absolute atomic E-state index is 12.8. The van der Waals surface area contributed by atoms with Crippen LogP contribution in [0.2, 0.25) is 0 Å². The number of benzene rings is 1. The largest absolute Gasteiger partial charge is 0.340 e. The van der Waals surface area contributed by atoms with Gasteiger partial charge in [-0.05, 0) is 25.5 Å². The van der Waals surface area contributed by atoms with E-state index in [1.807, 2.05) is 35.2 Å². The summed E-state index contributed by atoms with van der Waals surface area (Å²) in [7, 11) is 2.08. The zero-order chi connectivity index (χ0) is 17.8. The van der Waals surface area contributed by atoms with Crippen molar-refractivity contribution in [3.05, 3.63) is 35.9 Å². The molecule has 2 N–H and O–H groups in total. The molecule has 0 saturated carbocycles. The van der Waals surface area contributed by atoms with Gasteiger partial charge in [0.1, 0.15) is 6.04 Å². The van der Waals surface area contributed by atoms with Crippen LogP contribution in [0, 0.1) is 5.92 Å². The van der Waals surface area contributed by atoms with E-state index in [2.05, 4.69) is 11.9 Å². The number of piperazine rings is 1. The van der Waals surface area contributed by atoms with Gasteiger partial charge in [-0.3, -0.25) is 9.59 Å². The maximum atomic E-state index is 12.8. The molecule has 2 atom stereocenters. The zero-order valence-corrected chi connectivity index (χ0v) is 14.9. The molecule has 136 valence electrons. The second-order valence-corrected chi connectivity index (χ2v) is 7.14. The molecular formula is C19H28N4O2. The van der Waals surface area contributed by atoms with Crippen LogP contribution in [0.25, 0.3) is 0 Å². The molecule has 0 radical (unpaired) electrons. The first-order chi connectivity index (χ1) is 12.1. The van der Waals surface area contributed by atoms with Crippen molar-refractivity contribution in [2.75, 3.05) is 46.3 Å². The predicted molar refractivity (Wildman–Crippen MR) is 96.8 cm³/mol. The van der Waals surface area contributed by atoms with Gasteiger partial charge >= 0.3 is 0 Å². The monoisotopic (exact) mass is 344 g/mol. The standard InChI is InChI=1S/C19H28N4O2/c1-21-10-12-22(13-11-21)18(24)16-8-5-9-23(14-16)19(25)17(20)15-6-3-2-4-7-15/h2-4,6-7,16-17H,5,8-14,20H2,1H3/t16-,17-/m1/s1. The molecular weight excluding hydrogens is 316 g/mol. The predicted octanol–water partition coefficient (Wildman–Crippen LogP) is 0.699. The molecule has 2 heterocycles. The van der Waals surface area contributed by atoms with Gasteiger partial charge in [-0.25, -0.2) is 0 Å². The molecule has 2 amide bonds. The van der Waals surface area contributed by atoms with Crippen molar-refractivity contribution in [1.29, 1.82) is 0 Å². The third-order valence-electron chi connectivity index (χ3n) is 5.32. The molecule has 3 rings (SSSR count). The molecule has 2 aliphatic heterocycles. The summed E-state index contributed by atoms with van der Waals surface area (Å²) < 4.78 is 0. The number of hydrogen-bond acceptors (Lipinski definition) is 4. The molecule has 0 unspecified atom stereocenters. The van der Waals surface area contributed by atoms with Crippen LogP contribution in [0.15, 0.2) is 30.3 Å². The van der Waals surface area contributed by atoms with Gasteiger partial charge in [-0.2, -0.15) is 0 Å². The number of hydrogen-bond donors (Lipinski definition) is 1. The average Bonchev–Trinajstić information content (AvgIpc) is 2.67. The van der Waals surface area contributed by atoms with Crippen LogP contribution in [0.3, 0.4) is 0 Å². The molecule has 0 aromatic heterocycles. The second kappa shape index (κ2) is 7.97. The summed E-state index contributed by atoms with van der Waals surface area (Å²) in [5.74, 6) is 0.0186. The topological polar surface area (TPSA) is 69.9 Å². The van der Waals surface area contributed by atoms with Crippen molar-refractivity contribution in [3.63, 3.8) is 0 Å². The van der Waals surface area contributed by atoms with Gasteiger partial charge in [0.05, 0.1) is 5.92 Å². The maximum Gasteiger partial charge on any atom is 0.244 e. The Bertz CT molecular complexity index is 599. The lowest BCUT2D eigenvalue weighted by atomic mass is 9.95. The minimum atomic E-state index is -0.654. The van der Waals surface area contributed by atoms with Crippen molar-refractivity contribution < 1.29 is 9.59 Å². The molecule has 2 aliphatic rings. The van der Waals surface area contributed by atoms with Gasteiger partial charge < -0.3 is 20.4 Å². The number of rotatable bonds is 3. The Labute approximate surface area is 149 Å². The Hall–Kier alpha value is -1.92. The van der Waals surface area contributed by atoms with Crippen LogP contribution in [0.5, 0.6) is 0 Å². The number of amides is 2. The van der Waals surface area contributed by atoms with E-state index < -0.39 is 6.04 Å². The summed E-state index contributed by atoms with van der Waals surface area (Å²) in [6.45, 7) is 4.57. The molecule has 25 heavy (non-hydrogen) atoms. The summed E-state index contributed by atoms with van der Waals surface area (Å²) in [5.41, 5.74) is 6.98. The lowest BCUT2D eigenvalue weighted by Gasteiger charge is -2.38. The Morgan fingerprint density at radius 3 is 2.40 bits per heavy atom. The highest BCUT2D eigenvalue weighted by molar-refractivity contribution is 5.85. The zero-order valence-electron chi connectivity index (χ0n) is 14.9. The number of likely N-dealkylation sites (N-methyl/N-ethyl adjacent to an activating group) is 1. The first-order valence-corrected chi connectivity index (χ1v) is 9.13. The van der Waals surface area contributed by atoms with Gasteiger partial charge in [-0.15, -0.1) is 0 Å². The van der Waals surface area contributed by atoms with Crippen LogP contribution < -0.4 is 5.73 Å². The molecule has 1 aromatic rings. The molecule has 0 bridgehead atoms. The van der Waals surface area contributed by atoms with E-state index in [1.54, 1.807) is 4.90 Å². The van der Waals surface area contributed by atoms with E-state index >= 15 is 0 Å². The van der Waals surface area contributed by atoms with E-state index in [1.165, 1.54) is 0 Å². The minimum Gasteiger partial charge on any atom is -0.340 e. The second-order valence-electron chi connectivity index (χ2n) is 7.14. The number of carbonyl (C=O) groups is 2. The van der Waals surface area contributed by atoms with E-state index in [4.69, 9.17) is 5.73 Å². The van der Waals surface area contributed by atoms with E-state index in [0.29, 0.717) is 13.1 Å². The average molecular weight is 344 g/mol. The van der Waals surface area contributed by atoms with Crippen LogP contribution in [0.1, 0.15) is 24.4 Å². The van der Waals surface area contributed by atoms with Crippen molar-refractivity contribution in [2.45, 2.75) is 18.9 Å². The Kier molecular flexibility index (Phi) is 5.71. The molecule has 6 heteroatoms.